The molecule has 3 fully saturated rings. The van der Waals surface area contributed by atoms with Crippen LogP contribution in [0.4, 0.5) is 4.79 Å². The Morgan fingerprint density at radius 2 is 1.82 bits per heavy atom. The summed E-state index contributed by atoms with van der Waals surface area (Å²) in [6.45, 7) is 15.5. The summed E-state index contributed by atoms with van der Waals surface area (Å²) in [4.78, 5) is 14.3. The highest BCUT2D eigenvalue weighted by atomic mass is 16.7. The minimum atomic E-state index is -0.465. The first-order valence-corrected chi connectivity index (χ1v) is 10.3. The maximum absolute atomic E-state index is 12.5. The fourth-order valence-electron chi connectivity index (χ4n) is 4.37. The molecule has 1 saturated carbocycles. The number of fused-ring (bicyclic) bond motifs is 1. The molecule has 3 aliphatic rings. The molecule has 152 valence electrons. The standard InChI is InChI=1S/C22H32BNO4/c1-19(2,3)26-18(25)24-13-16-12-22(16,14-24)15-9-8-10-17(11-15)23-27-20(4,5)21(6,7)28-23/h8-11,16H,12-14H2,1-7H3/t16-,22?/m1/s1. The van der Waals surface area contributed by atoms with E-state index in [1.807, 2.05) is 25.7 Å². The second kappa shape index (κ2) is 5.99. The van der Waals surface area contributed by atoms with Gasteiger partial charge in [-0.3, -0.25) is 0 Å². The topological polar surface area (TPSA) is 48.0 Å². The Kier molecular flexibility index (Phi) is 4.23. The maximum atomic E-state index is 12.5. The van der Waals surface area contributed by atoms with Gasteiger partial charge in [-0.1, -0.05) is 24.3 Å². The summed E-state index contributed by atoms with van der Waals surface area (Å²) < 4.78 is 18.0. The molecule has 0 radical (unpaired) electrons. The molecule has 2 heterocycles. The van der Waals surface area contributed by atoms with E-state index in [9.17, 15) is 4.79 Å². The van der Waals surface area contributed by atoms with E-state index < -0.39 is 5.60 Å². The SMILES string of the molecule is CC(C)(C)OC(=O)N1C[C@H]2CC2(c2cccc(B3OC(C)(C)C(C)(C)O3)c2)C1. The lowest BCUT2D eigenvalue weighted by molar-refractivity contribution is 0.00578. The molecule has 4 rings (SSSR count). The molecule has 2 aliphatic heterocycles. The van der Waals surface area contributed by atoms with Gasteiger partial charge in [-0.2, -0.15) is 0 Å². The number of rotatable bonds is 2. The Hall–Kier alpha value is -1.53. The van der Waals surface area contributed by atoms with E-state index in [1.54, 1.807) is 0 Å². The molecule has 1 aliphatic carbocycles. The first-order valence-electron chi connectivity index (χ1n) is 10.3. The molecular weight excluding hydrogens is 353 g/mol. The number of carbonyl (C=O) groups is 1. The minimum Gasteiger partial charge on any atom is -0.444 e. The highest BCUT2D eigenvalue weighted by Gasteiger charge is 2.62. The van der Waals surface area contributed by atoms with Crippen molar-refractivity contribution < 1.29 is 18.8 Å². The van der Waals surface area contributed by atoms with Gasteiger partial charge in [-0.05, 0) is 71.8 Å². The number of likely N-dealkylation sites (tertiary alicyclic amines) is 1. The molecule has 2 saturated heterocycles. The van der Waals surface area contributed by atoms with Gasteiger partial charge < -0.3 is 18.9 Å². The van der Waals surface area contributed by atoms with E-state index in [-0.39, 0.29) is 29.8 Å². The third-order valence-corrected chi connectivity index (χ3v) is 6.78. The Bertz CT molecular complexity index is 784. The summed E-state index contributed by atoms with van der Waals surface area (Å²) in [6.07, 6.45) is 0.917. The largest absolute Gasteiger partial charge is 0.494 e. The van der Waals surface area contributed by atoms with Crippen LogP contribution >= 0.6 is 0 Å². The quantitative estimate of drug-likeness (QED) is 0.732. The number of piperidine rings is 1. The van der Waals surface area contributed by atoms with Gasteiger partial charge in [0.25, 0.3) is 0 Å². The molecule has 0 N–H and O–H groups in total. The van der Waals surface area contributed by atoms with Crippen LogP contribution in [0.5, 0.6) is 0 Å². The first kappa shape index (κ1) is 19.8. The van der Waals surface area contributed by atoms with Crippen molar-refractivity contribution in [3.8, 4) is 0 Å². The van der Waals surface area contributed by atoms with Gasteiger partial charge in [-0.15, -0.1) is 0 Å². The lowest BCUT2D eigenvalue weighted by Gasteiger charge is -2.32. The van der Waals surface area contributed by atoms with Crippen LogP contribution in [-0.2, 0) is 19.5 Å². The molecule has 1 aromatic carbocycles. The zero-order chi connectivity index (χ0) is 20.5. The van der Waals surface area contributed by atoms with Gasteiger partial charge >= 0.3 is 13.2 Å². The van der Waals surface area contributed by atoms with Crippen LogP contribution < -0.4 is 5.46 Å². The molecule has 1 amide bonds. The van der Waals surface area contributed by atoms with Crippen molar-refractivity contribution in [1.82, 2.24) is 4.90 Å². The Morgan fingerprint density at radius 3 is 2.43 bits per heavy atom. The van der Waals surface area contributed by atoms with Crippen LogP contribution in [0.15, 0.2) is 24.3 Å². The Balaban J connectivity index is 1.51. The van der Waals surface area contributed by atoms with Crippen molar-refractivity contribution in [1.29, 1.82) is 0 Å². The van der Waals surface area contributed by atoms with Crippen LogP contribution in [0.2, 0.25) is 0 Å². The van der Waals surface area contributed by atoms with Gasteiger partial charge in [-0.25, -0.2) is 4.79 Å². The van der Waals surface area contributed by atoms with E-state index in [0.29, 0.717) is 5.92 Å². The monoisotopic (exact) mass is 385 g/mol. The Labute approximate surface area is 168 Å². The second-order valence-electron chi connectivity index (χ2n) is 10.6. The number of benzene rings is 1. The number of hydrogen-bond acceptors (Lipinski definition) is 4. The van der Waals surface area contributed by atoms with E-state index in [0.717, 1.165) is 25.0 Å². The van der Waals surface area contributed by atoms with Gasteiger partial charge in [0, 0.05) is 18.5 Å². The number of carbonyl (C=O) groups excluding carboxylic acids is 1. The first-order chi connectivity index (χ1) is 12.8. The fourth-order valence-corrected chi connectivity index (χ4v) is 4.37. The smallest absolute Gasteiger partial charge is 0.444 e. The van der Waals surface area contributed by atoms with Gasteiger partial charge in [0.15, 0.2) is 0 Å². The summed E-state index contributed by atoms with van der Waals surface area (Å²) in [5.41, 5.74) is 1.20. The second-order valence-corrected chi connectivity index (χ2v) is 10.6. The van der Waals surface area contributed by atoms with Crippen LogP contribution in [0, 0.1) is 5.92 Å². The zero-order valence-corrected chi connectivity index (χ0v) is 18.2. The third-order valence-electron chi connectivity index (χ3n) is 6.78. The molecule has 1 unspecified atom stereocenters. The highest BCUT2D eigenvalue weighted by molar-refractivity contribution is 6.62. The summed E-state index contributed by atoms with van der Waals surface area (Å²) in [5.74, 6) is 0.508. The zero-order valence-electron chi connectivity index (χ0n) is 18.2. The lowest BCUT2D eigenvalue weighted by Crippen LogP contribution is -2.41. The van der Waals surface area contributed by atoms with E-state index >= 15 is 0 Å². The number of ether oxygens (including phenoxy) is 1. The third kappa shape index (κ3) is 3.24. The van der Waals surface area contributed by atoms with Crippen molar-refractivity contribution in [2.24, 2.45) is 5.92 Å². The maximum Gasteiger partial charge on any atom is 0.494 e. The summed E-state index contributed by atoms with van der Waals surface area (Å²) in [6, 6.07) is 8.53. The van der Waals surface area contributed by atoms with Crippen LogP contribution in [-0.4, -0.2) is 48.0 Å². The molecular formula is C22H32BNO4. The number of hydrogen-bond donors (Lipinski definition) is 0. The van der Waals surface area contributed by atoms with Crippen LogP contribution in [0.25, 0.3) is 0 Å². The van der Waals surface area contributed by atoms with Crippen molar-refractivity contribution in [3.05, 3.63) is 29.8 Å². The van der Waals surface area contributed by atoms with Crippen molar-refractivity contribution >= 4 is 18.7 Å². The summed E-state index contributed by atoms with van der Waals surface area (Å²) >= 11 is 0. The van der Waals surface area contributed by atoms with Crippen molar-refractivity contribution in [2.75, 3.05) is 13.1 Å². The minimum absolute atomic E-state index is 0.0521. The van der Waals surface area contributed by atoms with Gasteiger partial charge in [0.1, 0.15) is 5.60 Å². The number of nitrogens with zero attached hydrogens (tertiary/aromatic N) is 1. The van der Waals surface area contributed by atoms with Gasteiger partial charge in [0.2, 0.25) is 0 Å². The normalized spacial score (nSPS) is 30.3. The molecule has 0 aromatic heterocycles. The molecule has 0 spiro atoms. The van der Waals surface area contributed by atoms with Crippen molar-refractivity contribution in [3.63, 3.8) is 0 Å². The van der Waals surface area contributed by atoms with E-state index in [2.05, 4.69) is 52.0 Å². The summed E-state index contributed by atoms with van der Waals surface area (Å²) in [7, 11) is -0.359. The predicted octanol–water partition coefficient (Wildman–Crippen LogP) is 3.49. The van der Waals surface area contributed by atoms with Crippen LogP contribution in [0.3, 0.4) is 0 Å². The molecule has 2 atom stereocenters. The average Bonchev–Trinajstić information content (AvgIpc) is 3.04. The van der Waals surface area contributed by atoms with Crippen molar-refractivity contribution in [2.45, 2.75) is 77.1 Å². The predicted molar refractivity (Wildman–Crippen MR) is 110 cm³/mol. The molecule has 1 aromatic rings. The molecule has 5 nitrogen and oxygen atoms in total. The molecule has 6 heteroatoms. The van der Waals surface area contributed by atoms with Crippen LogP contribution in [0.1, 0.15) is 60.5 Å². The lowest BCUT2D eigenvalue weighted by atomic mass is 9.77. The van der Waals surface area contributed by atoms with Gasteiger partial charge in [0.05, 0.1) is 11.2 Å². The summed E-state index contributed by atoms with van der Waals surface area (Å²) in [5, 5.41) is 0. The number of amides is 1. The molecule has 0 bridgehead atoms. The highest BCUT2D eigenvalue weighted by Crippen LogP contribution is 2.59. The molecule has 28 heavy (non-hydrogen) atoms. The van der Waals surface area contributed by atoms with E-state index in [4.69, 9.17) is 14.0 Å². The van der Waals surface area contributed by atoms with E-state index in [1.165, 1.54) is 5.56 Å². The fraction of sp³-hybridized carbons (Fsp3) is 0.682. The average molecular weight is 385 g/mol. The Morgan fingerprint density at radius 1 is 1.18 bits per heavy atom.